The van der Waals surface area contributed by atoms with E-state index in [9.17, 15) is 9.59 Å². The number of thiophene rings is 1. The minimum atomic E-state index is -0.204. The number of fused-ring (bicyclic) bond motifs is 1. The largest absolute Gasteiger partial charge is 0.493 e. The number of carbonyl (C=O) groups excluding carboxylic acids is 2. The van der Waals surface area contributed by atoms with Crippen LogP contribution < -0.4 is 20.1 Å². The summed E-state index contributed by atoms with van der Waals surface area (Å²) in [7, 11) is 3.11. The van der Waals surface area contributed by atoms with Gasteiger partial charge in [-0.1, -0.05) is 11.3 Å². The highest BCUT2D eigenvalue weighted by molar-refractivity contribution is 7.16. The zero-order valence-corrected chi connectivity index (χ0v) is 18.1. The number of aromatic nitrogens is 1. The topological polar surface area (TPSA) is 92.8 Å². The third-order valence-electron chi connectivity index (χ3n) is 4.66. The van der Waals surface area contributed by atoms with Crippen molar-refractivity contribution < 1.29 is 19.1 Å². The summed E-state index contributed by atoms with van der Waals surface area (Å²) in [6.07, 6.45) is 0.638. The predicted molar refractivity (Wildman–Crippen MR) is 117 cm³/mol. The van der Waals surface area contributed by atoms with Crippen molar-refractivity contribution in [1.29, 1.82) is 0 Å². The second-order valence-electron chi connectivity index (χ2n) is 6.53. The number of nitrogens with zero attached hydrogens (tertiary/aromatic N) is 2. The summed E-state index contributed by atoms with van der Waals surface area (Å²) in [6, 6.07) is 6.79. The second kappa shape index (κ2) is 8.72. The molecule has 1 aliphatic rings. The Labute approximate surface area is 181 Å². The Morgan fingerprint density at radius 3 is 2.70 bits per heavy atom. The molecule has 3 amide bonds. The SMILES string of the molecule is COc1ccc(NC(=O)N2CCc3nc(NC(=O)c4ccsc4)sc3C2)cc1OC. The van der Waals surface area contributed by atoms with Crippen LogP contribution in [-0.2, 0) is 13.0 Å². The smallest absolute Gasteiger partial charge is 0.322 e. The van der Waals surface area contributed by atoms with E-state index in [1.807, 2.05) is 5.38 Å². The van der Waals surface area contributed by atoms with Gasteiger partial charge in [0.15, 0.2) is 16.6 Å². The number of carbonyl (C=O) groups is 2. The van der Waals surface area contributed by atoms with Crippen LogP contribution in [0.25, 0.3) is 0 Å². The van der Waals surface area contributed by atoms with Gasteiger partial charge < -0.3 is 19.7 Å². The Hall–Kier alpha value is -3.11. The van der Waals surface area contributed by atoms with E-state index in [4.69, 9.17) is 9.47 Å². The highest BCUT2D eigenvalue weighted by atomic mass is 32.1. The minimum Gasteiger partial charge on any atom is -0.493 e. The molecule has 1 aromatic carbocycles. The van der Waals surface area contributed by atoms with E-state index in [2.05, 4.69) is 15.6 Å². The van der Waals surface area contributed by atoms with Crippen LogP contribution in [-0.4, -0.2) is 42.6 Å². The van der Waals surface area contributed by atoms with Crippen LogP contribution in [0.5, 0.6) is 11.5 Å². The van der Waals surface area contributed by atoms with E-state index >= 15 is 0 Å². The number of hydrogen-bond acceptors (Lipinski definition) is 7. The van der Waals surface area contributed by atoms with Crippen molar-refractivity contribution in [3.8, 4) is 11.5 Å². The number of hydrogen-bond donors (Lipinski definition) is 2. The molecule has 0 aliphatic carbocycles. The quantitative estimate of drug-likeness (QED) is 0.619. The molecule has 0 atom stereocenters. The third-order valence-corrected chi connectivity index (χ3v) is 6.34. The molecule has 3 aromatic rings. The van der Waals surface area contributed by atoms with Crippen LogP contribution in [0.3, 0.4) is 0 Å². The van der Waals surface area contributed by atoms with Crippen molar-refractivity contribution >= 4 is 45.4 Å². The van der Waals surface area contributed by atoms with Crippen molar-refractivity contribution in [3.63, 3.8) is 0 Å². The molecule has 0 fully saturated rings. The van der Waals surface area contributed by atoms with Gasteiger partial charge in [-0.05, 0) is 23.6 Å². The average Bonchev–Trinajstić information content (AvgIpc) is 3.42. The molecule has 30 heavy (non-hydrogen) atoms. The zero-order chi connectivity index (χ0) is 21.1. The van der Waals surface area contributed by atoms with Crippen LogP contribution in [0.2, 0.25) is 0 Å². The van der Waals surface area contributed by atoms with Gasteiger partial charge >= 0.3 is 6.03 Å². The fraction of sp³-hybridized carbons (Fsp3) is 0.250. The summed E-state index contributed by atoms with van der Waals surface area (Å²) in [5, 5.41) is 9.94. The number of ether oxygens (including phenoxy) is 2. The Morgan fingerprint density at radius 2 is 1.97 bits per heavy atom. The minimum absolute atomic E-state index is 0.176. The van der Waals surface area contributed by atoms with E-state index in [1.165, 1.54) is 22.7 Å². The number of benzene rings is 1. The van der Waals surface area contributed by atoms with E-state index < -0.39 is 0 Å². The molecule has 0 spiro atoms. The lowest BCUT2D eigenvalue weighted by atomic mass is 10.2. The maximum absolute atomic E-state index is 12.7. The maximum atomic E-state index is 12.7. The number of nitrogens with one attached hydrogen (secondary N) is 2. The summed E-state index contributed by atoms with van der Waals surface area (Å²) in [6.45, 7) is 0.994. The van der Waals surface area contributed by atoms with Crippen molar-refractivity contribution in [3.05, 3.63) is 51.2 Å². The molecule has 3 heterocycles. The first kappa shape index (κ1) is 20.2. The van der Waals surface area contributed by atoms with Crippen molar-refractivity contribution in [2.45, 2.75) is 13.0 Å². The number of urea groups is 1. The Kier molecular flexibility index (Phi) is 5.86. The van der Waals surface area contributed by atoms with Gasteiger partial charge in [0.05, 0.1) is 32.0 Å². The van der Waals surface area contributed by atoms with Crippen molar-refractivity contribution in [1.82, 2.24) is 9.88 Å². The summed E-state index contributed by atoms with van der Waals surface area (Å²) < 4.78 is 10.5. The molecular weight excluding hydrogens is 424 g/mol. The van der Waals surface area contributed by atoms with Gasteiger partial charge in [-0.15, -0.1) is 0 Å². The summed E-state index contributed by atoms with van der Waals surface area (Å²) in [5.41, 5.74) is 2.16. The first-order chi connectivity index (χ1) is 14.6. The molecule has 1 aliphatic heterocycles. The number of amides is 3. The van der Waals surface area contributed by atoms with Gasteiger partial charge in [0.25, 0.3) is 5.91 Å². The molecular formula is C20H20N4O4S2. The first-order valence-corrected chi connectivity index (χ1v) is 10.9. The number of methoxy groups -OCH3 is 2. The fourth-order valence-corrected chi connectivity index (χ4v) is 4.76. The fourth-order valence-electron chi connectivity index (χ4n) is 3.10. The molecule has 156 valence electrons. The van der Waals surface area contributed by atoms with Crippen molar-refractivity contribution in [2.75, 3.05) is 31.4 Å². The zero-order valence-electron chi connectivity index (χ0n) is 16.4. The Balaban J connectivity index is 1.41. The molecule has 0 bridgehead atoms. The molecule has 8 nitrogen and oxygen atoms in total. The van der Waals surface area contributed by atoms with E-state index in [0.717, 1.165) is 10.6 Å². The molecule has 0 saturated heterocycles. The molecule has 4 rings (SSSR count). The molecule has 2 aromatic heterocycles. The van der Waals surface area contributed by atoms with Gasteiger partial charge in [-0.2, -0.15) is 11.3 Å². The Bertz CT molecular complexity index is 1060. The monoisotopic (exact) mass is 444 g/mol. The lowest BCUT2D eigenvalue weighted by Gasteiger charge is -2.26. The van der Waals surface area contributed by atoms with Gasteiger partial charge in [-0.25, -0.2) is 9.78 Å². The molecule has 0 radical (unpaired) electrons. The molecule has 0 saturated carbocycles. The van der Waals surface area contributed by atoms with Crippen molar-refractivity contribution in [2.24, 2.45) is 0 Å². The molecule has 0 unspecified atom stereocenters. The lowest BCUT2D eigenvalue weighted by molar-refractivity contribution is 0.102. The standard InChI is InChI=1S/C20H20N4O4S2/c1-27-15-4-3-13(9-16(15)28-2)21-20(26)24-7-5-14-17(10-24)30-19(22-14)23-18(25)12-6-8-29-11-12/h3-4,6,8-9,11H,5,7,10H2,1-2H3,(H,21,26)(H,22,23,25). The Morgan fingerprint density at radius 1 is 1.13 bits per heavy atom. The van der Waals surface area contributed by atoms with Crippen LogP contribution in [0, 0.1) is 0 Å². The third kappa shape index (κ3) is 4.24. The van der Waals surface area contributed by atoms with E-state index in [0.29, 0.717) is 47.4 Å². The highest BCUT2D eigenvalue weighted by Crippen LogP contribution is 2.31. The first-order valence-electron chi connectivity index (χ1n) is 9.17. The van der Waals surface area contributed by atoms with Crippen LogP contribution in [0.15, 0.2) is 35.0 Å². The van der Waals surface area contributed by atoms with E-state index in [1.54, 1.807) is 48.8 Å². The average molecular weight is 445 g/mol. The molecule has 10 heteroatoms. The van der Waals surface area contributed by atoms with Crippen LogP contribution >= 0.6 is 22.7 Å². The second-order valence-corrected chi connectivity index (χ2v) is 8.39. The predicted octanol–water partition coefficient (Wildman–Crippen LogP) is 4.06. The van der Waals surface area contributed by atoms with Gasteiger partial charge in [0.1, 0.15) is 0 Å². The maximum Gasteiger partial charge on any atom is 0.322 e. The van der Waals surface area contributed by atoms with Crippen LogP contribution in [0.4, 0.5) is 15.6 Å². The number of anilines is 2. The van der Waals surface area contributed by atoms with Gasteiger partial charge in [0, 0.05) is 35.0 Å². The summed E-state index contributed by atoms with van der Waals surface area (Å²) >= 11 is 2.87. The highest BCUT2D eigenvalue weighted by Gasteiger charge is 2.25. The van der Waals surface area contributed by atoms with Crippen LogP contribution in [0.1, 0.15) is 20.9 Å². The van der Waals surface area contributed by atoms with Gasteiger partial charge in [-0.3, -0.25) is 10.1 Å². The normalized spacial score (nSPS) is 12.8. The molecule has 2 N–H and O–H groups in total. The van der Waals surface area contributed by atoms with Gasteiger partial charge in [0.2, 0.25) is 0 Å². The number of rotatable bonds is 5. The van der Waals surface area contributed by atoms with E-state index in [-0.39, 0.29) is 11.9 Å². The number of thiazole rings is 1. The lowest BCUT2D eigenvalue weighted by Crippen LogP contribution is -2.38. The summed E-state index contributed by atoms with van der Waals surface area (Å²) in [4.78, 5) is 32.2. The summed E-state index contributed by atoms with van der Waals surface area (Å²) in [5.74, 6) is 0.967.